The van der Waals surface area contributed by atoms with E-state index in [0.29, 0.717) is 36.8 Å². The summed E-state index contributed by atoms with van der Waals surface area (Å²) < 4.78 is 11.3. The van der Waals surface area contributed by atoms with Gasteiger partial charge in [0.05, 0.1) is 12.0 Å². The van der Waals surface area contributed by atoms with Gasteiger partial charge in [-0.15, -0.1) is 0 Å². The summed E-state index contributed by atoms with van der Waals surface area (Å²) in [6.07, 6.45) is 6.94. The lowest BCUT2D eigenvalue weighted by molar-refractivity contribution is -0.135. The quantitative estimate of drug-likeness (QED) is 0.594. The number of ether oxygens (including phenoxy) is 2. The van der Waals surface area contributed by atoms with Crippen molar-refractivity contribution in [2.45, 2.75) is 19.4 Å². The van der Waals surface area contributed by atoms with Crippen LogP contribution < -0.4 is 9.47 Å². The molecule has 0 unspecified atom stereocenters. The SMILES string of the molecule is COc1cc(/C=C2/SC(=O)N(CC(=O)N3CCCC3)C2=O)ccc1OCc1ccncc1. The number of carbonyl (C=O) groups is 3. The van der Waals surface area contributed by atoms with Gasteiger partial charge in [0.2, 0.25) is 5.91 Å². The van der Waals surface area contributed by atoms with E-state index in [0.717, 1.165) is 35.1 Å². The van der Waals surface area contributed by atoms with Gasteiger partial charge in [-0.05, 0) is 66.1 Å². The number of rotatable bonds is 7. The van der Waals surface area contributed by atoms with E-state index in [1.54, 1.807) is 41.6 Å². The summed E-state index contributed by atoms with van der Waals surface area (Å²) in [6, 6.07) is 9.02. The van der Waals surface area contributed by atoms with Crippen molar-refractivity contribution in [3.63, 3.8) is 0 Å². The zero-order valence-electron chi connectivity index (χ0n) is 17.7. The molecule has 0 saturated carbocycles. The van der Waals surface area contributed by atoms with Crippen LogP contribution in [0.15, 0.2) is 47.6 Å². The predicted octanol–water partition coefficient (Wildman–Crippen LogP) is 3.33. The molecule has 2 saturated heterocycles. The number of pyridine rings is 1. The highest BCUT2D eigenvalue weighted by Gasteiger charge is 2.37. The van der Waals surface area contributed by atoms with Gasteiger partial charge < -0.3 is 14.4 Å². The van der Waals surface area contributed by atoms with Gasteiger partial charge in [0.1, 0.15) is 13.2 Å². The van der Waals surface area contributed by atoms with Crippen LogP contribution in [-0.4, -0.2) is 58.6 Å². The number of hydrogen-bond acceptors (Lipinski definition) is 7. The maximum Gasteiger partial charge on any atom is 0.294 e. The van der Waals surface area contributed by atoms with Crippen molar-refractivity contribution >= 4 is 34.9 Å². The standard InChI is InChI=1S/C23H23N3O5S/c1-30-19-12-17(4-5-18(19)31-15-16-6-8-24-9-7-16)13-20-22(28)26(23(29)32-20)14-21(27)25-10-2-3-11-25/h4-9,12-13H,2-3,10-11,14-15H2,1H3/b20-13+. The zero-order chi connectivity index (χ0) is 22.5. The molecule has 2 fully saturated rings. The Balaban J connectivity index is 1.45. The highest BCUT2D eigenvalue weighted by Crippen LogP contribution is 2.34. The van der Waals surface area contributed by atoms with Gasteiger partial charge in [0, 0.05) is 25.5 Å². The van der Waals surface area contributed by atoms with E-state index in [1.807, 2.05) is 12.1 Å². The van der Waals surface area contributed by atoms with Crippen molar-refractivity contribution in [1.29, 1.82) is 0 Å². The maximum absolute atomic E-state index is 12.7. The van der Waals surface area contributed by atoms with Crippen molar-refractivity contribution in [3.05, 3.63) is 58.8 Å². The Morgan fingerprint density at radius 2 is 1.88 bits per heavy atom. The highest BCUT2D eigenvalue weighted by molar-refractivity contribution is 8.18. The minimum absolute atomic E-state index is 0.191. The lowest BCUT2D eigenvalue weighted by Gasteiger charge is -2.18. The van der Waals surface area contributed by atoms with Crippen LogP contribution in [0.2, 0.25) is 0 Å². The predicted molar refractivity (Wildman–Crippen MR) is 120 cm³/mol. The molecule has 1 aromatic heterocycles. The molecule has 166 valence electrons. The topological polar surface area (TPSA) is 89.0 Å². The molecule has 32 heavy (non-hydrogen) atoms. The van der Waals surface area contributed by atoms with Crippen LogP contribution in [0, 0.1) is 0 Å². The molecule has 9 heteroatoms. The molecule has 0 radical (unpaired) electrons. The Hall–Kier alpha value is -3.33. The smallest absolute Gasteiger partial charge is 0.294 e. The molecular formula is C23H23N3O5S. The Labute approximate surface area is 190 Å². The fraction of sp³-hybridized carbons (Fsp3) is 0.304. The number of likely N-dealkylation sites (tertiary alicyclic amines) is 1. The number of thioether (sulfide) groups is 1. The summed E-state index contributed by atoms with van der Waals surface area (Å²) in [5, 5.41) is -0.432. The van der Waals surface area contributed by atoms with E-state index in [2.05, 4.69) is 4.98 Å². The third-order valence-corrected chi connectivity index (χ3v) is 6.16. The number of hydrogen-bond donors (Lipinski definition) is 0. The molecule has 0 bridgehead atoms. The van der Waals surface area contributed by atoms with Crippen LogP contribution in [0.4, 0.5) is 4.79 Å². The van der Waals surface area contributed by atoms with E-state index in [9.17, 15) is 14.4 Å². The highest BCUT2D eigenvalue weighted by atomic mass is 32.2. The van der Waals surface area contributed by atoms with Crippen molar-refractivity contribution in [3.8, 4) is 11.5 Å². The van der Waals surface area contributed by atoms with Gasteiger partial charge in [-0.25, -0.2) is 0 Å². The van der Waals surface area contributed by atoms with Crippen LogP contribution in [0.1, 0.15) is 24.0 Å². The van der Waals surface area contributed by atoms with Gasteiger partial charge in [-0.1, -0.05) is 6.07 Å². The van der Waals surface area contributed by atoms with E-state index in [1.165, 1.54) is 7.11 Å². The van der Waals surface area contributed by atoms with Crippen LogP contribution >= 0.6 is 11.8 Å². The molecule has 4 rings (SSSR count). The normalized spacial score (nSPS) is 17.3. The second kappa shape index (κ2) is 9.86. The molecule has 0 N–H and O–H groups in total. The summed E-state index contributed by atoms with van der Waals surface area (Å²) in [6.45, 7) is 1.51. The van der Waals surface area contributed by atoms with Crippen molar-refractivity contribution in [2.75, 3.05) is 26.7 Å². The van der Waals surface area contributed by atoms with Gasteiger partial charge >= 0.3 is 0 Å². The van der Waals surface area contributed by atoms with Crippen molar-refractivity contribution in [1.82, 2.24) is 14.8 Å². The summed E-state index contributed by atoms with van der Waals surface area (Å²) in [7, 11) is 1.54. The zero-order valence-corrected chi connectivity index (χ0v) is 18.5. The maximum atomic E-state index is 12.7. The number of nitrogens with zero attached hydrogens (tertiary/aromatic N) is 3. The molecular weight excluding hydrogens is 430 g/mol. The van der Waals surface area contributed by atoms with E-state index in [-0.39, 0.29) is 17.4 Å². The molecule has 3 heterocycles. The van der Waals surface area contributed by atoms with Gasteiger partial charge in [-0.3, -0.25) is 24.3 Å². The van der Waals surface area contributed by atoms with Crippen LogP contribution in [0.25, 0.3) is 6.08 Å². The number of methoxy groups -OCH3 is 1. The Bertz CT molecular complexity index is 1050. The third kappa shape index (κ3) is 4.94. The molecule has 8 nitrogen and oxygen atoms in total. The van der Waals surface area contributed by atoms with E-state index < -0.39 is 11.1 Å². The summed E-state index contributed by atoms with van der Waals surface area (Å²) >= 11 is 0.836. The van der Waals surface area contributed by atoms with E-state index in [4.69, 9.17) is 9.47 Å². The number of amides is 3. The second-order valence-corrected chi connectivity index (χ2v) is 8.40. The molecule has 0 aliphatic carbocycles. The number of aromatic nitrogens is 1. The fourth-order valence-electron chi connectivity index (χ4n) is 3.52. The van der Waals surface area contributed by atoms with Gasteiger partial charge in [0.25, 0.3) is 11.1 Å². The van der Waals surface area contributed by atoms with Gasteiger partial charge in [-0.2, -0.15) is 0 Å². The summed E-state index contributed by atoms with van der Waals surface area (Å²) in [4.78, 5) is 44.4. The minimum Gasteiger partial charge on any atom is -0.493 e. The summed E-state index contributed by atoms with van der Waals surface area (Å²) in [5.41, 5.74) is 1.66. The Kier molecular flexibility index (Phi) is 6.75. The first-order valence-electron chi connectivity index (χ1n) is 10.3. The molecule has 2 aromatic rings. The largest absolute Gasteiger partial charge is 0.493 e. The number of imide groups is 1. The first kappa shape index (κ1) is 21.9. The van der Waals surface area contributed by atoms with Crippen LogP contribution in [-0.2, 0) is 16.2 Å². The van der Waals surface area contributed by atoms with Crippen molar-refractivity contribution in [2.24, 2.45) is 0 Å². The molecule has 0 atom stereocenters. The van der Waals surface area contributed by atoms with Gasteiger partial charge in [0.15, 0.2) is 11.5 Å². The average Bonchev–Trinajstić information content (AvgIpc) is 3.44. The van der Waals surface area contributed by atoms with Crippen LogP contribution in [0.3, 0.4) is 0 Å². The second-order valence-electron chi connectivity index (χ2n) is 7.41. The Morgan fingerprint density at radius 3 is 2.59 bits per heavy atom. The Morgan fingerprint density at radius 1 is 1.12 bits per heavy atom. The summed E-state index contributed by atoms with van der Waals surface area (Å²) in [5.74, 6) is 0.426. The third-order valence-electron chi connectivity index (χ3n) is 5.25. The molecule has 1 aromatic carbocycles. The lowest BCUT2D eigenvalue weighted by atomic mass is 10.2. The number of benzene rings is 1. The molecule has 2 aliphatic heterocycles. The van der Waals surface area contributed by atoms with E-state index >= 15 is 0 Å². The van der Waals surface area contributed by atoms with Crippen LogP contribution in [0.5, 0.6) is 11.5 Å². The minimum atomic E-state index is -0.454. The van der Waals surface area contributed by atoms with Crippen molar-refractivity contribution < 1.29 is 23.9 Å². The molecule has 3 amide bonds. The number of carbonyl (C=O) groups excluding carboxylic acids is 3. The first-order chi connectivity index (χ1) is 15.5. The average molecular weight is 454 g/mol. The monoisotopic (exact) mass is 453 g/mol. The fourth-order valence-corrected chi connectivity index (χ4v) is 4.36. The molecule has 0 spiro atoms. The lowest BCUT2D eigenvalue weighted by Crippen LogP contribution is -2.40. The molecule has 2 aliphatic rings. The first-order valence-corrected chi connectivity index (χ1v) is 11.1.